The first-order valence-corrected chi connectivity index (χ1v) is 7.03. The molecule has 1 aliphatic rings. The minimum absolute atomic E-state index is 0.425. The van der Waals surface area contributed by atoms with Crippen molar-refractivity contribution in [1.29, 1.82) is 0 Å². The number of aromatic nitrogens is 2. The third-order valence-electron chi connectivity index (χ3n) is 3.85. The average Bonchev–Trinajstić information content (AvgIpc) is 2.75. The molecular formula is C15H19N3O. The molecule has 1 aromatic heterocycles. The molecule has 2 aromatic rings. The second-order valence-corrected chi connectivity index (χ2v) is 5.23. The molecule has 0 saturated heterocycles. The maximum atomic E-state index is 5.94. The zero-order valence-corrected chi connectivity index (χ0v) is 11.0. The maximum Gasteiger partial charge on any atom is 0.230 e. The minimum atomic E-state index is 0.425. The van der Waals surface area contributed by atoms with Gasteiger partial charge in [0.1, 0.15) is 0 Å². The molecule has 0 bridgehead atoms. The Bertz CT molecular complexity index is 542. The van der Waals surface area contributed by atoms with E-state index in [1.165, 1.54) is 25.7 Å². The summed E-state index contributed by atoms with van der Waals surface area (Å²) in [6.45, 7) is 0. The first-order valence-electron chi connectivity index (χ1n) is 7.03. The first-order chi connectivity index (χ1) is 9.34. The van der Waals surface area contributed by atoms with E-state index in [2.05, 4.69) is 10.1 Å². The van der Waals surface area contributed by atoms with Crippen molar-refractivity contribution < 1.29 is 4.52 Å². The van der Waals surface area contributed by atoms with Gasteiger partial charge >= 0.3 is 0 Å². The molecule has 4 nitrogen and oxygen atoms in total. The van der Waals surface area contributed by atoms with Crippen LogP contribution in [0.15, 0.2) is 28.8 Å². The molecule has 1 fully saturated rings. The zero-order valence-electron chi connectivity index (χ0n) is 11.0. The Labute approximate surface area is 113 Å². The van der Waals surface area contributed by atoms with Gasteiger partial charge in [0, 0.05) is 17.2 Å². The van der Waals surface area contributed by atoms with Crippen molar-refractivity contribution in [1.82, 2.24) is 10.1 Å². The summed E-state index contributed by atoms with van der Waals surface area (Å²) in [6.07, 6.45) is 7.48. The molecule has 0 amide bonds. The van der Waals surface area contributed by atoms with Crippen molar-refractivity contribution in [3.8, 4) is 11.4 Å². The summed E-state index contributed by atoms with van der Waals surface area (Å²) in [5, 5.41) is 4.09. The van der Waals surface area contributed by atoms with Crippen LogP contribution in [0.2, 0.25) is 0 Å². The fourth-order valence-corrected chi connectivity index (χ4v) is 2.74. The van der Waals surface area contributed by atoms with Crippen molar-refractivity contribution in [2.45, 2.75) is 44.4 Å². The number of nitrogens with two attached hydrogens (primary N) is 1. The molecule has 4 heteroatoms. The van der Waals surface area contributed by atoms with Gasteiger partial charge in [-0.2, -0.15) is 4.98 Å². The molecule has 19 heavy (non-hydrogen) atoms. The minimum Gasteiger partial charge on any atom is -0.398 e. The van der Waals surface area contributed by atoms with Gasteiger partial charge in [-0.05, 0) is 25.0 Å². The Morgan fingerprint density at radius 2 is 1.79 bits per heavy atom. The predicted octanol–water partition coefficient (Wildman–Crippen LogP) is 3.76. The van der Waals surface area contributed by atoms with Gasteiger partial charge < -0.3 is 10.3 Å². The molecule has 0 aliphatic heterocycles. The topological polar surface area (TPSA) is 64.9 Å². The van der Waals surface area contributed by atoms with E-state index < -0.39 is 0 Å². The summed E-state index contributed by atoms with van der Waals surface area (Å²) >= 11 is 0. The van der Waals surface area contributed by atoms with Gasteiger partial charge in [0.2, 0.25) is 11.7 Å². The van der Waals surface area contributed by atoms with Crippen LogP contribution < -0.4 is 5.73 Å². The Morgan fingerprint density at radius 1 is 1.05 bits per heavy atom. The van der Waals surface area contributed by atoms with Crippen molar-refractivity contribution >= 4 is 5.69 Å². The number of benzene rings is 1. The highest BCUT2D eigenvalue weighted by Crippen LogP contribution is 2.32. The molecule has 1 aliphatic carbocycles. The SMILES string of the molecule is Nc1ccccc1-c1noc(C2CCCCCC2)n1. The van der Waals surface area contributed by atoms with Crippen LogP contribution in [-0.2, 0) is 0 Å². The molecule has 1 aromatic carbocycles. The Morgan fingerprint density at radius 3 is 2.53 bits per heavy atom. The predicted molar refractivity (Wildman–Crippen MR) is 74.6 cm³/mol. The van der Waals surface area contributed by atoms with E-state index in [0.717, 1.165) is 24.3 Å². The lowest BCUT2D eigenvalue weighted by Crippen LogP contribution is -1.97. The van der Waals surface area contributed by atoms with Crippen molar-refractivity contribution in [2.75, 3.05) is 5.73 Å². The molecule has 2 N–H and O–H groups in total. The Balaban J connectivity index is 1.85. The van der Waals surface area contributed by atoms with Gasteiger partial charge in [-0.25, -0.2) is 0 Å². The van der Waals surface area contributed by atoms with Crippen molar-refractivity contribution in [3.63, 3.8) is 0 Å². The molecule has 0 radical (unpaired) electrons. The van der Waals surface area contributed by atoms with E-state index in [9.17, 15) is 0 Å². The normalized spacial score (nSPS) is 17.3. The Hall–Kier alpha value is -1.84. The number of hydrogen-bond acceptors (Lipinski definition) is 4. The smallest absolute Gasteiger partial charge is 0.230 e. The molecule has 1 saturated carbocycles. The molecular weight excluding hydrogens is 238 g/mol. The number of nitrogen functional groups attached to an aromatic ring is 1. The zero-order chi connectivity index (χ0) is 13.1. The maximum absolute atomic E-state index is 5.94. The monoisotopic (exact) mass is 257 g/mol. The highest BCUT2D eigenvalue weighted by atomic mass is 16.5. The second-order valence-electron chi connectivity index (χ2n) is 5.23. The fourth-order valence-electron chi connectivity index (χ4n) is 2.74. The van der Waals surface area contributed by atoms with Crippen LogP contribution >= 0.6 is 0 Å². The highest BCUT2D eigenvalue weighted by Gasteiger charge is 2.21. The van der Waals surface area contributed by atoms with E-state index in [0.29, 0.717) is 17.4 Å². The standard InChI is InChI=1S/C15H19N3O/c16-13-10-6-5-9-12(13)14-17-15(19-18-14)11-7-3-1-2-4-8-11/h5-6,9-11H,1-4,7-8,16H2. The lowest BCUT2D eigenvalue weighted by molar-refractivity contribution is 0.341. The number of hydrogen-bond donors (Lipinski definition) is 1. The van der Waals surface area contributed by atoms with Crippen LogP contribution in [0.1, 0.15) is 50.3 Å². The van der Waals surface area contributed by atoms with E-state index >= 15 is 0 Å². The Kier molecular flexibility index (Phi) is 3.49. The molecule has 100 valence electrons. The quantitative estimate of drug-likeness (QED) is 0.657. The third-order valence-corrected chi connectivity index (χ3v) is 3.85. The molecule has 0 spiro atoms. The third kappa shape index (κ3) is 2.62. The molecule has 0 atom stereocenters. The fraction of sp³-hybridized carbons (Fsp3) is 0.467. The summed E-state index contributed by atoms with van der Waals surface area (Å²) < 4.78 is 5.45. The second kappa shape index (κ2) is 5.43. The van der Waals surface area contributed by atoms with Crippen LogP contribution in [0.25, 0.3) is 11.4 Å². The summed E-state index contributed by atoms with van der Waals surface area (Å²) in [5.41, 5.74) is 7.49. The molecule has 3 rings (SSSR count). The van der Waals surface area contributed by atoms with Gasteiger partial charge in [0.25, 0.3) is 0 Å². The van der Waals surface area contributed by atoms with Crippen LogP contribution in [0.5, 0.6) is 0 Å². The largest absolute Gasteiger partial charge is 0.398 e. The highest BCUT2D eigenvalue weighted by molar-refractivity contribution is 5.70. The molecule has 1 heterocycles. The van der Waals surface area contributed by atoms with Crippen LogP contribution in [0.4, 0.5) is 5.69 Å². The van der Waals surface area contributed by atoms with Gasteiger partial charge in [-0.1, -0.05) is 43.0 Å². The average molecular weight is 257 g/mol. The van der Waals surface area contributed by atoms with Crippen molar-refractivity contribution in [3.05, 3.63) is 30.2 Å². The van der Waals surface area contributed by atoms with E-state index in [-0.39, 0.29) is 0 Å². The number of rotatable bonds is 2. The van der Waals surface area contributed by atoms with Gasteiger partial charge in [-0.15, -0.1) is 0 Å². The summed E-state index contributed by atoms with van der Waals surface area (Å²) in [5.74, 6) is 1.81. The number of anilines is 1. The van der Waals surface area contributed by atoms with Gasteiger partial charge in [0.05, 0.1) is 0 Å². The van der Waals surface area contributed by atoms with Crippen LogP contribution in [0.3, 0.4) is 0 Å². The van der Waals surface area contributed by atoms with Crippen LogP contribution in [-0.4, -0.2) is 10.1 Å². The molecule has 0 unspecified atom stereocenters. The number of nitrogens with zero attached hydrogens (tertiary/aromatic N) is 2. The van der Waals surface area contributed by atoms with E-state index in [4.69, 9.17) is 10.3 Å². The van der Waals surface area contributed by atoms with E-state index in [1.54, 1.807) is 0 Å². The van der Waals surface area contributed by atoms with E-state index in [1.807, 2.05) is 24.3 Å². The lowest BCUT2D eigenvalue weighted by atomic mass is 10.0. The number of para-hydroxylation sites is 1. The van der Waals surface area contributed by atoms with Crippen molar-refractivity contribution in [2.24, 2.45) is 0 Å². The summed E-state index contributed by atoms with van der Waals surface area (Å²) in [7, 11) is 0. The van der Waals surface area contributed by atoms with Crippen LogP contribution in [0, 0.1) is 0 Å². The first kappa shape index (κ1) is 12.2. The lowest BCUT2D eigenvalue weighted by Gasteiger charge is -2.07. The summed E-state index contributed by atoms with van der Waals surface area (Å²) in [6, 6.07) is 7.63. The summed E-state index contributed by atoms with van der Waals surface area (Å²) in [4.78, 5) is 4.55. The van der Waals surface area contributed by atoms with Gasteiger partial charge in [0.15, 0.2) is 0 Å². The van der Waals surface area contributed by atoms with Gasteiger partial charge in [-0.3, -0.25) is 0 Å².